The molecule has 34 heavy (non-hydrogen) atoms. The number of fused-ring (bicyclic) bond motifs is 2. The number of pyridine rings is 2. The number of aryl methyl sites for hydroxylation is 2. The Morgan fingerprint density at radius 2 is 1.76 bits per heavy atom. The van der Waals surface area contributed by atoms with Gasteiger partial charge in [-0.2, -0.15) is 0 Å². The molecule has 0 atom stereocenters. The van der Waals surface area contributed by atoms with Gasteiger partial charge in [0.2, 0.25) is 0 Å². The Bertz CT molecular complexity index is 1670. The molecule has 0 spiro atoms. The third kappa shape index (κ3) is 3.31. The molecule has 5 aromatic rings. The summed E-state index contributed by atoms with van der Waals surface area (Å²) < 4.78 is 41.7. The van der Waals surface area contributed by atoms with Crippen LogP contribution in [0.4, 0.5) is 0 Å². The van der Waals surface area contributed by atoms with Gasteiger partial charge in [0.05, 0.1) is 35.3 Å². The number of rotatable bonds is 5. The van der Waals surface area contributed by atoms with Crippen molar-refractivity contribution >= 4 is 43.7 Å². The fourth-order valence-corrected chi connectivity index (χ4v) is 5.70. The highest BCUT2D eigenvalue weighted by Crippen LogP contribution is 2.39. The number of halogens is 1. The second-order valence-corrected chi connectivity index (χ2v) is 10.1. The highest BCUT2D eigenvalue weighted by Gasteiger charge is 2.28. The molecule has 0 amide bonds. The van der Waals surface area contributed by atoms with Gasteiger partial charge in [0, 0.05) is 36.5 Å². The zero-order chi connectivity index (χ0) is 24.2. The SMILES string of the molecule is COc1cc2c(nc1OC)c(-c1cc3c(Cl)ccnc3n1S(=O)(=O)c1ccc(C)cc1)cn2C. The minimum absolute atomic E-state index is 0.145. The normalized spacial score (nSPS) is 11.9. The Hall–Kier alpha value is -3.56. The lowest BCUT2D eigenvalue weighted by Gasteiger charge is -2.12. The second-order valence-electron chi connectivity index (χ2n) is 7.86. The van der Waals surface area contributed by atoms with Crippen molar-refractivity contribution in [1.82, 2.24) is 18.5 Å². The monoisotopic (exact) mass is 496 g/mol. The molecule has 4 heterocycles. The van der Waals surface area contributed by atoms with Crippen molar-refractivity contribution < 1.29 is 17.9 Å². The lowest BCUT2D eigenvalue weighted by atomic mass is 10.2. The molecule has 0 aliphatic heterocycles. The summed E-state index contributed by atoms with van der Waals surface area (Å²) in [7, 11) is 0.872. The smallest absolute Gasteiger partial charge is 0.269 e. The van der Waals surface area contributed by atoms with Gasteiger partial charge < -0.3 is 14.0 Å². The third-order valence-corrected chi connectivity index (χ3v) is 7.80. The zero-order valence-corrected chi connectivity index (χ0v) is 20.5. The number of ether oxygens (including phenoxy) is 2. The van der Waals surface area contributed by atoms with E-state index in [2.05, 4.69) is 9.97 Å². The number of benzene rings is 1. The molecule has 0 saturated carbocycles. The number of aromatic nitrogens is 4. The van der Waals surface area contributed by atoms with Crippen LogP contribution in [-0.2, 0) is 17.1 Å². The van der Waals surface area contributed by atoms with Gasteiger partial charge in [0.15, 0.2) is 11.4 Å². The first kappa shape index (κ1) is 22.2. The van der Waals surface area contributed by atoms with Gasteiger partial charge in [0.25, 0.3) is 15.9 Å². The van der Waals surface area contributed by atoms with Crippen molar-refractivity contribution in [2.45, 2.75) is 11.8 Å². The lowest BCUT2D eigenvalue weighted by Crippen LogP contribution is -2.14. The van der Waals surface area contributed by atoms with E-state index in [4.69, 9.17) is 21.1 Å². The van der Waals surface area contributed by atoms with Crippen LogP contribution in [0.1, 0.15) is 5.56 Å². The highest BCUT2D eigenvalue weighted by molar-refractivity contribution is 7.90. The standard InChI is InChI=1S/C24H21ClN4O4S/c1-14-5-7-15(8-6-14)34(30,31)29-19(11-16-18(25)9-10-26-23(16)29)17-13-28(2)20-12-21(32-3)24(33-4)27-22(17)20/h5-13H,1-4H3. The first-order chi connectivity index (χ1) is 16.3. The van der Waals surface area contributed by atoms with E-state index in [1.54, 1.807) is 42.5 Å². The summed E-state index contributed by atoms with van der Waals surface area (Å²) in [5.41, 5.74) is 3.47. The van der Waals surface area contributed by atoms with E-state index in [1.807, 2.05) is 24.7 Å². The summed E-state index contributed by atoms with van der Waals surface area (Å²) in [6.07, 6.45) is 3.31. The minimum atomic E-state index is -4.02. The molecule has 0 aliphatic rings. The molecule has 0 fully saturated rings. The molecule has 0 saturated heterocycles. The fraction of sp³-hybridized carbons (Fsp3) is 0.167. The molecule has 0 aliphatic carbocycles. The van der Waals surface area contributed by atoms with Crippen molar-refractivity contribution in [3.63, 3.8) is 0 Å². The maximum Gasteiger partial charge on any atom is 0.269 e. The van der Waals surface area contributed by atoms with Crippen LogP contribution < -0.4 is 9.47 Å². The second kappa shape index (κ2) is 8.03. The van der Waals surface area contributed by atoms with E-state index in [-0.39, 0.29) is 10.5 Å². The van der Waals surface area contributed by atoms with Crippen LogP contribution in [0, 0.1) is 6.92 Å². The third-order valence-electron chi connectivity index (χ3n) is 5.75. The minimum Gasteiger partial charge on any atom is -0.491 e. The Morgan fingerprint density at radius 3 is 2.44 bits per heavy atom. The molecule has 174 valence electrons. The number of methoxy groups -OCH3 is 2. The average Bonchev–Trinajstić information content (AvgIpc) is 3.37. The summed E-state index contributed by atoms with van der Waals surface area (Å²) in [6.45, 7) is 1.90. The van der Waals surface area contributed by atoms with Crippen molar-refractivity contribution in [3.05, 3.63) is 65.4 Å². The first-order valence-electron chi connectivity index (χ1n) is 10.3. The van der Waals surface area contributed by atoms with Gasteiger partial charge in [-0.1, -0.05) is 29.3 Å². The molecule has 0 bridgehead atoms. The topological polar surface area (TPSA) is 88.2 Å². The van der Waals surface area contributed by atoms with Crippen molar-refractivity contribution in [2.75, 3.05) is 14.2 Å². The Kier molecular flexibility index (Phi) is 5.26. The van der Waals surface area contributed by atoms with Crippen LogP contribution in [0.15, 0.2) is 59.8 Å². The maximum absolute atomic E-state index is 13.9. The number of hydrogen-bond donors (Lipinski definition) is 0. The van der Waals surface area contributed by atoms with Crippen LogP contribution >= 0.6 is 11.6 Å². The summed E-state index contributed by atoms with van der Waals surface area (Å²) in [5.74, 6) is 0.767. The molecule has 0 N–H and O–H groups in total. The Morgan fingerprint density at radius 1 is 1.03 bits per heavy atom. The Labute approximate surface area is 201 Å². The van der Waals surface area contributed by atoms with Crippen molar-refractivity contribution in [2.24, 2.45) is 7.05 Å². The summed E-state index contributed by atoms with van der Waals surface area (Å²) in [4.78, 5) is 9.15. The molecule has 0 unspecified atom stereocenters. The van der Waals surface area contributed by atoms with Gasteiger partial charge >= 0.3 is 0 Å². The number of hydrogen-bond acceptors (Lipinski definition) is 6. The first-order valence-corrected chi connectivity index (χ1v) is 12.1. The summed E-state index contributed by atoms with van der Waals surface area (Å²) >= 11 is 6.45. The zero-order valence-electron chi connectivity index (χ0n) is 18.9. The van der Waals surface area contributed by atoms with E-state index in [0.29, 0.717) is 38.8 Å². The Balaban J connectivity index is 1.88. The van der Waals surface area contributed by atoms with Crippen molar-refractivity contribution in [3.8, 4) is 22.9 Å². The number of nitrogens with zero attached hydrogens (tertiary/aromatic N) is 4. The van der Waals surface area contributed by atoms with E-state index >= 15 is 0 Å². The van der Waals surface area contributed by atoms with Crippen molar-refractivity contribution in [1.29, 1.82) is 0 Å². The van der Waals surface area contributed by atoms with Gasteiger partial charge in [0.1, 0.15) is 5.52 Å². The van der Waals surface area contributed by atoms with E-state index in [9.17, 15) is 8.42 Å². The van der Waals surface area contributed by atoms with Crippen LogP contribution in [0.5, 0.6) is 11.6 Å². The van der Waals surface area contributed by atoms with Crippen LogP contribution in [0.25, 0.3) is 33.3 Å². The van der Waals surface area contributed by atoms with Gasteiger partial charge in [-0.15, -0.1) is 0 Å². The van der Waals surface area contributed by atoms with Gasteiger partial charge in [-0.05, 0) is 31.2 Å². The molecular weight excluding hydrogens is 476 g/mol. The largest absolute Gasteiger partial charge is 0.491 e. The molecule has 4 aromatic heterocycles. The van der Waals surface area contributed by atoms with E-state index < -0.39 is 10.0 Å². The molecule has 10 heteroatoms. The molecule has 0 radical (unpaired) electrons. The molecule has 5 rings (SSSR count). The quantitative estimate of drug-likeness (QED) is 0.347. The lowest BCUT2D eigenvalue weighted by molar-refractivity contribution is 0.344. The maximum atomic E-state index is 13.9. The summed E-state index contributed by atoms with van der Waals surface area (Å²) in [5, 5.41) is 0.920. The molecular formula is C24H21ClN4O4S. The molecule has 8 nitrogen and oxygen atoms in total. The van der Waals surface area contributed by atoms with E-state index in [0.717, 1.165) is 11.1 Å². The predicted octanol–water partition coefficient (Wildman–Crippen LogP) is 4.81. The van der Waals surface area contributed by atoms with Crippen LogP contribution in [-0.4, -0.2) is 41.1 Å². The summed E-state index contributed by atoms with van der Waals surface area (Å²) in [6, 6.07) is 11.8. The van der Waals surface area contributed by atoms with Gasteiger partial charge in [-0.25, -0.2) is 22.4 Å². The average molecular weight is 497 g/mol. The predicted molar refractivity (Wildman–Crippen MR) is 131 cm³/mol. The fourth-order valence-electron chi connectivity index (χ4n) is 4.03. The van der Waals surface area contributed by atoms with Gasteiger partial charge in [-0.3, -0.25) is 0 Å². The molecule has 1 aromatic carbocycles. The van der Waals surface area contributed by atoms with Crippen LogP contribution in [0.3, 0.4) is 0 Å². The highest BCUT2D eigenvalue weighted by atomic mass is 35.5. The van der Waals surface area contributed by atoms with E-state index in [1.165, 1.54) is 24.4 Å². The van der Waals surface area contributed by atoms with Crippen LogP contribution in [0.2, 0.25) is 5.02 Å².